The molecule has 0 aromatic heterocycles. The molecule has 138 valence electrons. The number of primary sulfonamides is 1. The van der Waals surface area contributed by atoms with E-state index in [2.05, 4.69) is 10.0 Å². The lowest BCUT2D eigenvalue weighted by Crippen LogP contribution is -2.34. The van der Waals surface area contributed by atoms with Gasteiger partial charge in [-0.25, -0.2) is 22.0 Å². The van der Waals surface area contributed by atoms with Crippen LogP contribution in [0, 0.1) is 0 Å². The summed E-state index contributed by atoms with van der Waals surface area (Å²) in [6.45, 7) is 1.59. The summed E-state index contributed by atoms with van der Waals surface area (Å²) in [5.74, 6) is 0.0645. The first-order valence-corrected chi connectivity index (χ1v) is 10.4. The summed E-state index contributed by atoms with van der Waals surface area (Å²) >= 11 is 0. The molecule has 0 aliphatic carbocycles. The van der Waals surface area contributed by atoms with E-state index in [1.165, 1.54) is 36.4 Å². The minimum atomic E-state index is -4.07. The van der Waals surface area contributed by atoms with Gasteiger partial charge in [0.1, 0.15) is 5.75 Å². The normalized spacial score (nSPS) is 17.0. The summed E-state index contributed by atoms with van der Waals surface area (Å²) in [4.78, 5) is 11.1. The summed E-state index contributed by atoms with van der Waals surface area (Å²) in [7, 11) is -8.11. The number of hydrogen-bond donors (Lipinski definition) is 3. The SMILES string of the molecule is C[C@@H]1Oc2ccc(NS(=O)(=O)c3cccc(S(N)(=O)=O)c3)cc2NC1=O. The molecule has 1 atom stereocenters. The fourth-order valence-corrected chi connectivity index (χ4v) is 4.03. The zero-order valence-corrected chi connectivity index (χ0v) is 15.1. The van der Waals surface area contributed by atoms with E-state index in [0.29, 0.717) is 11.4 Å². The molecule has 11 heteroatoms. The molecule has 0 saturated heterocycles. The molecule has 2 aromatic rings. The lowest BCUT2D eigenvalue weighted by atomic mass is 10.2. The van der Waals surface area contributed by atoms with Gasteiger partial charge in [0.05, 0.1) is 21.2 Å². The fourth-order valence-electron chi connectivity index (χ4n) is 2.30. The molecule has 0 unspecified atom stereocenters. The van der Waals surface area contributed by atoms with Gasteiger partial charge in [-0.15, -0.1) is 0 Å². The number of carbonyl (C=O) groups is 1. The van der Waals surface area contributed by atoms with Crippen LogP contribution in [-0.2, 0) is 24.8 Å². The van der Waals surface area contributed by atoms with Crippen LogP contribution in [0.4, 0.5) is 11.4 Å². The van der Waals surface area contributed by atoms with Gasteiger partial charge in [0.15, 0.2) is 6.10 Å². The van der Waals surface area contributed by atoms with Crippen molar-refractivity contribution >= 4 is 37.3 Å². The topological polar surface area (TPSA) is 145 Å². The second kappa shape index (κ2) is 6.27. The average Bonchev–Trinajstić information content (AvgIpc) is 2.55. The summed E-state index contributed by atoms with van der Waals surface area (Å²) in [6, 6.07) is 9.05. The highest BCUT2D eigenvalue weighted by Gasteiger charge is 2.24. The molecule has 0 radical (unpaired) electrons. The highest BCUT2D eigenvalue weighted by molar-refractivity contribution is 7.93. The average molecular weight is 397 g/mol. The Balaban J connectivity index is 1.91. The molecule has 26 heavy (non-hydrogen) atoms. The molecule has 2 aromatic carbocycles. The number of benzene rings is 2. The molecule has 1 heterocycles. The van der Waals surface area contributed by atoms with E-state index in [1.54, 1.807) is 6.92 Å². The first-order valence-electron chi connectivity index (χ1n) is 7.33. The largest absolute Gasteiger partial charge is 0.479 e. The Labute approximate surface area is 150 Å². The van der Waals surface area contributed by atoms with Crippen LogP contribution in [0.3, 0.4) is 0 Å². The Morgan fingerprint density at radius 1 is 1.08 bits per heavy atom. The van der Waals surface area contributed by atoms with E-state index in [9.17, 15) is 21.6 Å². The van der Waals surface area contributed by atoms with Crippen LogP contribution in [-0.4, -0.2) is 28.8 Å². The predicted molar refractivity (Wildman–Crippen MR) is 93.8 cm³/mol. The molecule has 4 N–H and O–H groups in total. The molecule has 1 amide bonds. The van der Waals surface area contributed by atoms with Crippen molar-refractivity contribution in [1.29, 1.82) is 0 Å². The third-order valence-electron chi connectivity index (χ3n) is 3.61. The number of fused-ring (bicyclic) bond motifs is 1. The lowest BCUT2D eigenvalue weighted by molar-refractivity contribution is -0.122. The molecule has 1 aliphatic heterocycles. The summed E-state index contributed by atoms with van der Waals surface area (Å²) in [5.41, 5.74) is 0.495. The van der Waals surface area contributed by atoms with Crippen LogP contribution in [0.1, 0.15) is 6.92 Å². The number of rotatable bonds is 4. The maximum atomic E-state index is 12.5. The first kappa shape index (κ1) is 18.2. The van der Waals surface area contributed by atoms with Crippen molar-refractivity contribution in [2.75, 3.05) is 10.0 Å². The van der Waals surface area contributed by atoms with Crippen molar-refractivity contribution in [1.82, 2.24) is 0 Å². The standard InChI is InChI=1S/C15H15N3O6S2/c1-9-15(19)17-13-7-10(5-6-14(13)24-9)18-26(22,23)12-4-2-3-11(8-12)25(16,20)21/h2-9,18H,1H3,(H,17,19)(H2,16,20,21)/t9-/m0/s1. The second-order valence-electron chi connectivity index (χ2n) is 5.59. The Hall–Kier alpha value is -2.63. The third-order valence-corrected chi connectivity index (χ3v) is 5.90. The first-order chi connectivity index (χ1) is 12.1. The van der Waals surface area contributed by atoms with Crippen LogP contribution in [0.15, 0.2) is 52.3 Å². The highest BCUT2D eigenvalue weighted by atomic mass is 32.2. The quantitative estimate of drug-likeness (QED) is 0.697. The molecule has 0 fully saturated rings. The van der Waals surface area contributed by atoms with Gasteiger partial charge in [-0.1, -0.05) is 6.07 Å². The molecule has 0 spiro atoms. The van der Waals surface area contributed by atoms with Gasteiger partial charge >= 0.3 is 0 Å². The minimum Gasteiger partial charge on any atom is -0.479 e. The van der Waals surface area contributed by atoms with Gasteiger partial charge in [0, 0.05) is 0 Å². The Morgan fingerprint density at radius 3 is 2.46 bits per heavy atom. The Kier molecular flexibility index (Phi) is 4.38. The van der Waals surface area contributed by atoms with Crippen molar-refractivity contribution in [2.24, 2.45) is 5.14 Å². The van der Waals surface area contributed by atoms with Gasteiger partial charge in [-0.3, -0.25) is 9.52 Å². The van der Waals surface area contributed by atoms with Gasteiger partial charge < -0.3 is 10.1 Å². The number of ether oxygens (including phenoxy) is 1. The van der Waals surface area contributed by atoms with Gasteiger partial charge in [-0.2, -0.15) is 0 Å². The molecule has 3 rings (SSSR count). The van der Waals surface area contributed by atoms with Crippen LogP contribution in [0.5, 0.6) is 5.75 Å². The zero-order valence-electron chi connectivity index (χ0n) is 13.5. The Morgan fingerprint density at radius 2 is 1.77 bits per heavy atom. The summed E-state index contributed by atoms with van der Waals surface area (Å²) in [5, 5.41) is 7.63. The summed E-state index contributed by atoms with van der Waals surface area (Å²) in [6.07, 6.45) is -0.647. The maximum Gasteiger partial charge on any atom is 0.265 e. The molecule has 1 aliphatic rings. The monoisotopic (exact) mass is 397 g/mol. The van der Waals surface area contributed by atoms with E-state index < -0.39 is 26.2 Å². The highest BCUT2D eigenvalue weighted by Crippen LogP contribution is 2.33. The van der Waals surface area contributed by atoms with Gasteiger partial charge in [0.25, 0.3) is 15.9 Å². The number of sulfonamides is 2. The molecule has 0 saturated carbocycles. The van der Waals surface area contributed by atoms with E-state index in [0.717, 1.165) is 6.07 Å². The van der Waals surface area contributed by atoms with Crippen molar-refractivity contribution in [3.05, 3.63) is 42.5 Å². The summed E-state index contributed by atoms with van der Waals surface area (Å²) < 4.78 is 55.5. The molecular formula is C15H15N3O6S2. The fraction of sp³-hybridized carbons (Fsp3) is 0.133. The van der Waals surface area contributed by atoms with Crippen molar-refractivity contribution < 1.29 is 26.4 Å². The van der Waals surface area contributed by atoms with Gasteiger partial charge in [0.2, 0.25) is 10.0 Å². The van der Waals surface area contributed by atoms with Crippen LogP contribution in [0.25, 0.3) is 0 Å². The van der Waals surface area contributed by atoms with Crippen LogP contribution < -0.4 is 19.9 Å². The lowest BCUT2D eigenvalue weighted by Gasteiger charge is -2.23. The van der Waals surface area contributed by atoms with Crippen molar-refractivity contribution in [3.63, 3.8) is 0 Å². The van der Waals surface area contributed by atoms with Crippen LogP contribution in [0.2, 0.25) is 0 Å². The predicted octanol–water partition coefficient (Wildman–Crippen LogP) is 0.854. The Bertz CT molecular complexity index is 1100. The van der Waals surface area contributed by atoms with Crippen molar-refractivity contribution in [2.45, 2.75) is 22.8 Å². The zero-order chi connectivity index (χ0) is 19.1. The molecule has 9 nitrogen and oxygen atoms in total. The number of hydrogen-bond acceptors (Lipinski definition) is 6. The number of carbonyl (C=O) groups excluding carboxylic acids is 1. The van der Waals surface area contributed by atoms with Crippen LogP contribution >= 0.6 is 0 Å². The number of amides is 1. The van der Waals surface area contributed by atoms with E-state index >= 15 is 0 Å². The smallest absolute Gasteiger partial charge is 0.265 e. The van der Waals surface area contributed by atoms with E-state index in [-0.39, 0.29) is 21.4 Å². The third kappa shape index (κ3) is 3.64. The van der Waals surface area contributed by atoms with E-state index in [1.807, 2.05) is 0 Å². The van der Waals surface area contributed by atoms with Crippen molar-refractivity contribution in [3.8, 4) is 5.75 Å². The molecule has 0 bridgehead atoms. The number of anilines is 2. The minimum absolute atomic E-state index is 0.170. The maximum absolute atomic E-state index is 12.5. The number of nitrogens with two attached hydrogens (primary N) is 1. The molecular weight excluding hydrogens is 382 g/mol. The van der Waals surface area contributed by atoms with E-state index in [4.69, 9.17) is 9.88 Å². The second-order valence-corrected chi connectivity index (χ2v) is 8.83. The number of nitrogens with one attached hydrogen (secondary N) is 2. The van der Waals surface area contributed by atoms with Gasteiger partial charge in [-0.05, 0) is 43.3 Å².